The van der Waals surface area contributed by atoms with E-state index in [4.69, 9.17) is 4.74 Å². The summed E-state index contributed by atoms with van der Waals surface area (Å²) in [7, 11) is 0. The van der Waals surface area contributed by atoms with E-state index < -0.39 is 11.7 Å². The Hall–Kier alpha value is -1.60. The van der Waals surface area contributed by atoms with E-state index in [9.17, 15) is 18.0 Å². The fraction of sp³-hybridized carbons (Fsp3) is 0.650. The summed E-state index contributed by atoms with van der Waals surface area (Å²) >= 11 is 0. The molecule has 0 unspecified atom stereocenters. The molecule has 27 heavy (non-hydrogen) atoms. The zero-order chi connectivity index (χ0) is 19.0. The molecule has 4 rings (SSSR count). The number of carbonyl (C=O) groups excluding carboxylic acids is 1. The average Bonchev–Trinajstić information content (AvgIpc) is 3.35. The van der Waals surface area contributed by atoms with Gasteiger partial charge in [-0.15, -0.1) is 0 Å². The lowest BCUT2D eigenvalue weighted by Gasteiger charge is -2.38. The molecule has 3 aliphatic rings. The first-order chi connectivity index (χ1) is 12.9. The summed E-state index contributed by atoms with van der Waals surface area (Å²) < 4.78 is 44.7. The van der Waals surface area contributed by atoms with Crippen molar-refractivity contribution in [3.05, 3.63) is 34.9 Å². The minimum atomic E-state index is -4.39. The highest BCUT2D eigenvalue weighted by molar-refractivity contribution is 5.96. The van der Waals surface area contributed by atoms with Gasteiger partial charge in [-0.25, -0.2) is 0 Å². The summed E-state index contributed by atoms with van der Waals surface area (Å²) in [5.41, 5.74) is 0.213. The Bertz CT molecular complexity index is 697. The van der Waals surface area contributed by atoms with Crippen molar-refractivity contribution >= 4 is 5.91 Å². The number of hydrogen-bond donors (Lipinski definition) is 1. The quantitative estimate of drug-likeness (QED) is 0.866. The van der Waals surface area contributed by atoms with Crippen LogP contribution in [-0.2, 0) is 10.9 Å². The molecule has 148 valence electrons. The van der Waals surface area contributed by atoms with Gasteiger partial charge in [-0.1, -0.05) is 0 Å². The van der Waals surface area contributed by atoms with Gasteiger partial charge in [0.05, 0.1) is 18.2 Å². The van der Waals surface area contributed by atoms with Crippen LogP contribution in [0.1, 0.15) is 59.5 Å². The summed E-state index contributed by atoms with van der Waals surface area (Å²) in [4.78, 5) is 15.3. The molecule has 2 saturated heterocycles. The van der Waals surface area contributed by atoms with Crippen molar-refractivity contribution in [2.45, 2.75) is 56.3 Å². The van der Waals surface area contributed by atoms with Crippen LogP contribution in [0.5, 0.6) is 0 Å². The number of amides is 1. The van der Waals surface area contributed by atoms with Crippen molar-refractivity contribution in [1.82, 2.24) is 10.2 Å². The molecule has 2 atom stereocenters. The van der Waals surface area contributed by atoms with Crippen LogP contribution in [0.2, 0.25) is 0 Å². The molecule has 2 heterocycles. The lowest BCUT2D eigenvalue weighted by Crippen LogP contribution is -2.56. The smallest absolute Gasteiger partial charge is 0.379 e. The number of alkyl halides is 3. The maximum atomic E-state index is 13.1. The Labute approximate surface area is 157 Å². The van der Waals surface area contributed by atoms with Crippen molar-refractivity contribution < 1.29 is 22.7 Å². The molecule has 0 aromatic heterocycles. The third-order valence-electron chi connectivity index (χ3n) is 5.89. The summed E-state index contributed by atoms with van der Waals surface area (Å²) in [6, 6.07) is 3.61. The van der Waals surface area contributed by atoms with E-state index in [1.54, 1.807) is 0 Å². The van der Waals surface area contributed by atoms with Gasteiger partial charge in [0, 0.05) is 18.2 Å². The largest absolute Gasteiger partial charge is 0.416 e. The van der Waals surface area contributed by atoms with Crippen molar-refractivity contribution in [2.75, 3.05) is 26.3 Å². The number of hydrogen-bond acceptors (Lipinski definition) is 3. The number of carbonyl (C=O) groups is 1. The van der Waals surface area contributed by atoms with Crippen LogP contribution in [-0.4, -0.2) is 49.2 Å². The highest BCUT2D eigenvalue weighted by atomic mass is 19.4. The Kier molecular flexibility index (Phi) is 5.16. The number of halogens is 3. The zero-order valence-electron chi connectivity index (χ0n) is 15.2. The van der Waals surface area contributed by atoms with Crippen LogP contribution in [0.25, 0.3) is 0 Å². The van der Waals surface area contributed by atoms with Gasteiger partial charge >= 0.3 is 6.18 Å². The minimum Gasteiger partial charge on any atom is -0.379 e. The fourth-order valence-electron chi connectivity index (χ4n) is 4.30. The molecule has 0 bridgehead atoms. The third kappa shape index (κ3) is 4.14. The maximum absolute atomic E-state index is 13.1. The van der Waals surface area contributed by atoms with Crippen LogP contribution in [0.3, 0.4) is 0 Å². The molecular weight excluding hydrogens is 357 g/mol. The lowest BCUT2D eigenvalue weighted by atomic mass is 9.97. The molecule has 4 nitrogen and oxygen atoms in total. The van der Waals surface area contributed by atoms with E-state index in [1.165, 1.54) is 18.9 Å². The summed E-state index contributed by atoms with van der Waals surface area (Å²) in [5, 5.41) is 3.06. The predicted molar refractivity (Wildman–Crippen MR) is 94.7 cm³/mol. The van der Waals surface area contributed by atoms with Gasteiger partial charge in [0.15, 0.2) is 0 Å². The van der Waals surface area contributed by atoms with Crippen LogP contribution in [0.4, 0.5) is 13.2 Å². The second-order valence-electron chi connectivity index (χ2n) is 7.83. The van der Waals surface area contributed by atoms with Crippen LogP contribution >= 0.6 is 0 Å². The predicted octanol–water partition coefficient (Wildman–Crippen LogP) is 3.57. The van der Waals surface area contributed by atoms with Gasteiger partial charge in [-0.05, 0) is 74.9 Å². The fourth-order valence-corrected chi connectivity index (χ4v) is 4.30. The molecule has 1 saturated carbocycles. The third-order valence-corrected chi connectivity index (χ3v) is 5.89. The molecule has 7 heteroatoms. The zero-order valence-corrected chi connectivity index (χ0v) is 15.2. The Morgan fingerprint density at radius 2 is 1.89 bits per heavy atom. The molecule has 1 aromatic carbocycles. The van der Waals surface area contributed by atoms with Crippen LogP contribution in [0, 0.1) is 0 Å². The monoisotopic (exact) mass is 382 g/mol. The van der Waals surface area contributed by atoms with Crippen molar-refractivity contribution in [1.29, 1.82) is 0 Å². The normalized spacial score (nSPS) is 26.9. The van der Waals surface area contributed by atoms with Gasteiger partial charge < -0.3 is 10.1 Å². The first-order valence-corrected chi connectivity index (χ1v) is 9.77. The molecule has 1 aliphatic carbocycles. The number of nitrogens with zero attached hydrogens (tertiary/aromatic N) is 1. The number of ether oxygens (including phenoxy) is 1. The first kappa shape index (κ1) is 18.7. The van der Waals surface area contributed by atoms with Crippen molar-refractivity contribution in [3.63, 3.8) is 0 Å². The van der Waals surface area contributed by atoms with E-state index in [2.05, 4.69) is 10.2 Å². The van der Waals surface area contributed by atoms with Crippen LogP contribution in [0.15, 0.2) is 18.2 Å². The van der Waals surface area contributed by atoms with Crippen molar-refractivity contribution in [2.24, 2.45) is 0 Å². The summed E-state index contributed by atoms with van der Waals surface area (Å²) in [5.74, 6) is -0.227. The number of likely N-dealkylation sites (tertiary alicyclic amines) is 1. The Morgan fingerprint density at radius 1 is 1.15 bits per heavy atom. The van der Waals surface area contributed by atoms with E-state index in [0.29, 0.717) is 24.3 Å². The molecule has 0 spiro atoms. The number of benzene rings is 1. The van der Waals surface area contributed by atoms with Crippen molar-refractivity contribution in [3.8, 4) is 0 Å². The molecule has 2 aliphatic heterocycles. The van der Waals surface area contributed by atoms with E-state index >= 15 is 0 Å². The number of rotatable bonds is 4. The summed E-state index contributed by atoms with van der Waals surface area (Å²) in [6.07, 6.45) is 0.491. The molecule has 1 aromatic rings. The molecular formula is C20H25F3N2O2. The van der Waals surface area contributed by atoms with E-state index in [0.717, 1.165) is 44.5 Å². The molecule has 1 N–H and O–H groups in total. The minimum absolute atomic E-state index is 0.0602. The van der Waals surface area contributed by atoms with E-state index in [1.807, 2.05) is 0 Å². The molecule has 3 fully saturated rings. The van der Waals surface area contributed by atoms with Gasteiger partial charge in [-0.3, -0.25) is 9.69 Å². The second kappa shape index (κ2) is 7.43. The van der Waals surface area contributed by atoms with E-state index in [-0.39, 0.29) is 23.9 Å². The standard InChI is InChI=1S/C20H25F3N2O2/c21-20(22,23)14-5-6-15(16(11-14)13-3-4-13)19(26)24-17-12-27-10-7-18(17)25-8-1-2-9-25/h5-6,11,13,17-18H,1-4,7-10,12H2,(H,24,26)/t17-,18+/m0/s1. The van der Waals surface area contributed by atoms with Gasteiger partial charge in [0.1, 0.15) is 0 Å². The van der Waals surface area contributed by atoms with Gasteiger partial charge in [0.2, 0.25) is 0 Å². The average molecular weight is 382 g/mol. The Balaban J connectivity index is 1.53. The molecule has 0 radical (unpaired) electrons. The maximum Gasteiger partial charge on any atom is 0.416 e. The summed E-state index contributed by atoms with van der Waals surface area (Å²) in [6.45, 7) is 3.20. The second-order valence-corrected chi connectivity index (χ2v) is 7.83. The first-order valence-electron chi connectivity index (χ1n) is 9.77. The molecule has 1 amide bonds. The highest BCUT2D eigenvalue weighted by Gasteiger charge is 2.37. The highest BCUT2D eigenvalue weighted by Crippen LogP contribution is 2.43. The van der Waals surface area contributed by atoms with Gasteiger partial charge in [0.25, 0.3) is 5.91 Å². The Morgan fingerprint density at radius 3 is 2.56 bits per heavy atom. The van der Waals surface area contributed by atoms with Crippen LogP contribution < -0.4 is 5.32 Å². The SMILES string of the molecule is O=C(N[C@H]1COCC[C@H]1N1CCCC1)c1ccc(C(F)(F)F)cc1C1CC1. The van der Waals surface area contributed by atoms with Gasteiger partial charge in [-0.2, -0.15) is 13.2 Å². The lowest BCUT2D eigenvalue weighted by molar-refractivity contribution is -0.137. The number of nitrogens with one attached hydrogen (secondary N) is 1. The topological polar surface area (TPSA) is 41.6 Å².